The number of rotatable bonds is 6. The van der Waals surface area contributed by atoms with Crippen molar-refractivity contribution in [3.63, 3.8) is 0 Å². The maximum atomic E-state index is 13.2. The molecule has 1 saturated heterocycles. The Morgan fingerprint density at radius 2 is 1.90 bits per heavy atom. The highest BCUT2D eigenvalue weighted by atomic mass is 16.2. The zero-order chi connectivity index (χ0) is 21.7. The molecule has 2 fully saturated rings. The first-order valence-corrected chi connectivity index (χ1v) is 11.2. The molecule has 30 heavy (non-hydrogen) atoms. The SMILES string of the molecule is CC(C)N1CCC(c2ccc(C(N)=O)c(C3(C(=O)NCC#N)CCCCC3)c2)CC1. The molecule has 0 bridgehead atoms. The van der Waals surface area contributed by atoms with Crippen LogP contribution in [0.15, 0.2) is 18.2 Å². The van der Waals surface area contributed by atoms with Gasteiger partial charge >= 0.3 is 0 Å². The molecule has 162 valence electrons. The lowest BCUT2D eigenvalue weighted by Gasteiger charge is -2.38. The van der Waals surface area contributed by atoms with E-state index in [9.17, 15) is 9.59 Å². The lowest BCUT2D eigenvalue weighted by Crippen LogP contribution is -2.47. The highest BCUT2D eigenvalue weighted by molar-refractivity contribution is 5.98. The van der Waals surface area contributed by atoms with Gasteiger partial charge in [0.05, 0.1) is 11.5 Å². The number of primary amides is 1. The van der Waals surface area contributed by atoms with Crippen LogP contribution in [0.5, 0.6) is 0 Å². The first-order valence-electron chi connectivity index (χ1n) is 11.2. The fourth-order valence-corrected chi connectivity index (χ4v) is 5.24. The number of nitriles is 1. The van der Waals surface area contributed by atoms with E-state index in [0.29, 0.717) is 30.4 Å². The Bertz CT molecular complexity index is 813. The minimum atomic E-state index is -0.784. The maximum absolute atomic E-state index is 13.2. The molecule has 3 N–H and O–H groups in total. The number of carbonyl (C=O) groups excluding carboxylic acids is 2. The lowest BCUT2D eigenvalue weighted by atomic mass is 9.66. The van der Waals surface area contributed by atoms with Gasteiger partial charge in [-0.2, -0.15) is 5.26 Å². The van der Waals surface area contributed by atoms with Crippen LogP contribution in [0, 0.1) is 11.3 Å². The summed E-state index contributed by atoms with van der Waals surface area (Å²) in [5.41, 5.74) is 7.33. The summed E-state index contributed by atoms with van der Waals surface area (Å²) < 4.78 is 0. The van der Waals surface area contributed by atoms with E-state index in [1.165, 1.54) is 5.56 Å². The van der Waals surface area contributed by atoms with Crippen LogP contribution in [-0.4, -0.2) is 42.4 Å². The predicted octanol–water partition coefficient (Wildman–Crippen LogP) is 3.21. The highest BCUT2D eigenvalue weighted by Gasteiger charge is 2.43. The molecule has 0 atom stereocenters. The third-order valence-corrected chi connectivity index (χ3v) is 7.03. The van der Waals surface area contributed by atoms with E-state index in [4.69, 9.17) is 11.0 Å². The van der Waals surface area contributed by atoms with E-state index in [2.05, 4.69) is 30.1 Å². The summed E-state index contributed by atoms with van der Waals surface area (Å²) in [7, 11) is 0. The molecule has 0 aromatic heterocycles. The number of nitrogens with one attached hydrogen (secondary N) is 1. The molecule has 0 radical (unpaired) electrons. The van der Waals surface area contributed by atoms with Crippen molar-refractivity contribution in [1.29, 1.82) is 5.26 Å². The van der Waals surface area contributed by atoms with Gasteiger partial charge in [-0.25, -0.2) is 0 Å². The van der Waals surface area contributed by atoms with Crippen LogP contribution in [0.4, 0.5) is 0 Å². The molecule has 1 aliphatic heterocycles. The van der Waals surface area contributed by atoms with Crippen molar-refractivity contribution < 1.29 is 9.59 Å². The summed E-state index contributed by atoms with van der Waals surface area (Å²) in [5, 5.41) is 11.7. The Balaban J connectivity index is 1.98. The molecule has 2 amide bonds. The Morgan fingerprint density at radius 1 is 1.23 bits per heavy atom. The van der Waals surface area contributed by atoms with Gasteiger partial charge in [-0.1, -0.05) is 31.4 Å². The Labute approximate surface area is 179 Å². The van der Waals surface area contributed by atoms with Gasteiger partial charge in [0.25, 0.3) is 0 Å². The Kier molecular flexibility index (Phi) is 7.14. The number of nitrogens with two attached hydrogens (primary N) is 1. The van der Waals surface area contributed by atoms with Crippen molar-refractivity contribution in [2.75, 3.05) is 19.6 Å². The fourth-order valence-electron chi connectivity index (χ4n) is 5.24. The monoisotopic (exact) mass is 410 g/mol. The number of carbonyl (C=O) groups is 2. The summed E-state index contributed by atoms with van der Waals surface area (Å²) in [6.07, 6.45) is 6.43. The number of piperidine rings is 1. The van der Waals surface area contributed by atoms with Gasteiger partial charge in [0.15, 0.2) is 0 Å². The van der Waals surface area contributed by atoms with Crippen molar-refractivity contribution >= 4 is 11.8 Å². The molecule has 0 unspecified atom stereocenters. The summed E-state index contributed by atoms with van der Waals surface area (Å²) in [5.74, 6) is -0.231. The molecule has 1 aromatic carbocycles. The Morgan fingerprint density at radius 3 is 2.47 bits per heavy atom. The molecule has 1 heterocycles. The lowest BCUT2D eigenvalue weighted by molar-refractivity contribution is -0.127. The molecule has 1 aromatic rings. The second-order valence-electron chi connectivity index (χ2n) is 9.06. The van der Waals surface area contributed by atoms with Crippen molar-refractivity contribution in [2.45, 2.75) is 76.2 Å². The van der Waals surface area contributed by atoms with Gasteiger partial charge in [0.2, 0.25) is 11.8 Å². The van der Waals surface area contributed by atoms with Gasteiger partial charge < -0.3 is 16.0 Å². The third-order valence-electron chi connectivity index (χ3n) is 7.03. The van der Waals surface area contributed by atoms with Gasteiger partial charge in [0.1, 0.15) is 6.54 Å². The number of hydrogen-bond donors (Lipinski definition) is 2. The van der Waals surface area contributed by atoms with Crippen molar-refractivity contribution in [3.8, 4) is 6.07 Å². The molecule has 2 aliphatic rings. The molecule has 3 rings (SSSR count). The zero-order valence-electron chi connectivity index (χ0n) is 18.2. The molecule has 1 saturated carbocycles. The number of hydrogen-bond acceptors (Lipinski definition) is 4. The molecule has 1 aliphatic carbocycles. The average molecular weight is 411 g/mol. The van der Waals surface area contributed by atoms with Crippen LogP contribution >= 0.6 is 0 Å². The summed E-state index contributed by atoms with van der Waals surface area (Å²) in [4.78, 5) is 28.0. The highest BCUT2D eigenvalue weighted by Crippen LogP contribution is 2.43. The Hall–Kier alpha value is -2.39. The van der Waals surface area contributed by atoms with Crippen LogP contribution in [-0.2, 0) is 10.2 Å². The molecule has 6 nitrogen and oxygen atoms in total. The van der Waals surface area contributed by atoms with E-state index in [1.54, 1.807) is 0 Å². The second-order valence-corrected chi connectivity index (χ2v) is 9.06. The van der Waals surface area contributed by atoms with E-state index in [1.807, 2.05) is 18.2 Å². The minimum absolute atomic E-state index is 0.0279. The largest absolute Gasteiger partial charge is 0.366 e. The van der Waals surface area contributed by atoms with Crippen LogP contribution < -0.4 is 11.1 Å². The topological polar surface area (TPSA) is 99.2 Å². The predicted molar refractivity (Wildman–Crippen MR) is 117 cm³/mol. The molecule has 0 spiro atoms. The minimum Gasteiger partial charge on any atom is -0.366 e. The average Bonchev–Trinajstić information content (AvgIpc) is 2.77. The van der Waals surface area contributed by atoms with Crippen LogP contribution in [0.25, 0.3) is 0 Å². The second kappa shape index (κ2) is 9.61. The van der Waals surface area contributed by atoms with Gasteiger partial charge in [-0.05, 0) is 75.7 Å². The van der Waals surface area contributed by atoms with Crippen LogP contribution in [0.3, 0.4) is 0 Å². The fraction of sp³-hybridized carbons (Fsp3) is 0.625. The van der Waals surface area contributed by atoms with Crippen molar-refractivity contribution in [2.24, 2.45) is 5.73 Å². The van der Waals surface area contributed by atoms with Gasteiger partial charge in [-0.15, -0.1) is 0 Å². The van der Waals surface area contributed by atoms with Gasteiger partial charge in [0, 0.05) is 11.6 Å². The maximum Gasteiger partial charge on any atom is 0.249 e. The van der Waals surface area contributed by atoms with Gasteiger partial charge in [-0.3, -0.25) is 9.59 Å². The standard InChI is InChI=1S/C24H34N4O2/c1-17(2)28-14-8-18(9-15-28)19-6-7-20(22(26)29)21(16-19)24(10-4-3-5-11-24)23(30)27-13-12-25/h6-7,16-18H,3-5,8-11,13-15H2,1-2H3,(H2,26,29)(H,27,30). The number of amides is 2. The number of benzene rings is 1. The summed E-state index contributed by atoms with van der Waals surface area (Å²) in [6, 6.07) is 8.45. The first kappa shape index (κ1) is 22.3. The first-order chi connectivity index (χ1) is 14.4. The van der Waals surface area contributed by atoms with E-state index in [-0.39, 0.29) is 12.5 Å². The summed E-state index contributed by atoms with van der Waals surface area (Å²) >= 11 is 0. The van der Waals surface area contributed by atoms with Crippen LogP contribution in [0.1, 0.15) is 86.2 Å². The van der Waals surface area contributed by atoms with Crippen LogP contribution in [0.2, 0.25) is 0 Å². The smallest absolute Gasteiger partial charge is 0.249 e. The van der Waals surface area contributed by atoms with Crippen molar-refractivity contribution in [1.82, 2.24) is 10.2 Å². The summed E-state index contributed by atoms with van der Waals surface area (Å²) in [6.45, 7) is 6.55. The molecular weight excluding hydrogens is 376 g/mol. The van der Waals surface area contributed by atoms with E-state index >= 15 is 0 Å². The third kappa shape index (κ3) is 4.52. The normalized spacial score (nSPS) is 19.9. The van der Waals surface area contributed by atoms with E-state index in [0.717, 1.165) is 50.8 Å². The van der Waals surface area contributed by atoms with E-state index < -0.39 is 11.3 Å². The van der Waals surface area contributed by atoms with Crippen molar-refractivity contribution in [3.05, 3.63) is 34.9 Å². The zero-order valence-corrected chi connectivity index (χ0v) is 18.2. The molecule has 6 heteroatoms. The number of nitrogens with zero attached hydrogens (tertiary/aromatic N) is 2. The molecular formula is C24H34N4O2. The quantitative estimate of drug-likeness (QED) is 0.703. The number of likely N-dealkylation sites (tertiary alicyclic amines) is 1.